The molecule has 0 saturated carbocycles. The number of carbonyl (C=O) groups is 1. The Morgan fingerprint density at radius 3 is 2.84 bits per heavy atom. The first-order valence-electron chi connectivity index (χ1n) is 7.31. The van der Waals surface area contributed by atoms with E-state index in [0.717, 1.165) is 38.8 Å². The maximum absolute atomic E-state index is 12.3. The molecule has 1 saturated heterocycles. The molecule has 0 spiro atoms. The second-order valence-corrected chi connectivity index (χ2v) is 5.13. The standard InChI is InChI=1S/C14H28N2O3/c1-3-14(6-4-7-15-12-14)13(17)16-8-5-9-19-11-10-18-2/h15H,3-12H2,1-2H3,(H,16,17). The normalized spacial score (nSPS) is 23.3. The van der Waals surface area contributed by atoms with Gasteiger partial charge >= 0.3 is 0 Å². The van der Waals surface area contributed by atoms with E-state index >= 15 is 0 Å². The van der Waals surface area contributed by atoms with Crippen LogP contribution in [0.25, 0.3) is 0 Å². The Morgan fingerprint density at radius 1 is 1.37 bits per heavy atom. The third-order valence-electron chi connectivity index (χ3n) is 3.81. The van der Waals surface area contributed by atoms with Gasteiger partial charge < -0.3 is 20.1 Å². The van der Waals surface area contributed by atoms with Crippen molar-refractivity contribution in [2.24, 2.45) is 5.41 Å². The van der Waals surface area contributed by atoms with E-state index < -0.39 is 0 Å². The molecule has 1 fully saturated rings. The zero-order valence-electron chi connectivity index (χ0n) is 12.3. The fraction of sp³-hybridized carbons (Fsp3) is 0.929. The van der Waals surface area contributed by atoms with Crippen molar-refractivity contribution < 1.29 is 14.3 Å². The molecule has 0 radical (unpaired) electrons. The first kappa shape index (κ1) is 16.4. The number of hydrogen-bond acceptors (Lipinski definition) is 4. The second kappa shape index (κ2) is 9.28. The maximum atomic E-state index is 12.3. The van der Waals surface area contributed by atoms with E-state index in [0.29, 0.717) is 26.4 Å². The Hall–Kier alpha value is -0.650. The number of nitrogens with one attached hydrogen (secondary N) is 2. The molecule has 1 aliphatic rings. The van der Waals surface area contributed by atoms with Gasteiger partial charge in [-0.15, -0.1) is 0 Å². The van der Waals surface area contributed by atoms with Crippen LogP contribution in [0.1, 0.15) is 32.6 Å². The summed E-state index contributed by atoms with van der Waals surface area (Å²) in [6.07, 6.45) is 3.83. The lowest BCUT2D eigenvalue weighted by molar-refractivity contribution is -0.132. The summed E-state index contributed by atoms with van der Waals surface area (Å²) in [4.78, 5) is 12.3. The molecule has 0 aromatic heterocycles. The molecule has 1 unspecified atom stereocenters. The van der Waals surface area contributed by atoms with Gasteiger partial charge in [0.2, 0.25) is 5.91 Å². The number of amides is 1. The van der Waals surface area contributed by atoms with Gasteiger partial charge in [0.25, 0.3) is 0 Å². The van der Waals surface area contributed by atoms with Crippen molar-refractivity contribution in [1.82, 2.24) is 10.6 Å². The second-order valence-electron chi connectivity index (χ2n) is 5.13. The van der Waals surface area contributed by atoms with Crippen LogP contribution in [-0.2, 0) is 14.3 Å². The van der Waals surface area contributed by atoms with E-state index in [2.05, 4.69) is 17.6 Å². The van der Waals surface area contributed by atoms with Crippen molar-refractivity contribution in [3.05, 3.63) is 0 Å². The topological polar surface area (TPSA) is 59.6 Å². The van der Waals surface area contributed by atoms with Crippen LogP contribution in [0.5, 0.6) is 0 Å². The average Bonchev–Trinajstić information content (AvgIpc) is 2.46. The largest absolute Gasteiger partial charge is 0.382 e. The molecule has 1 aliphatic heterocycles. The van der Waals surface area contributed by atoms with Crippen LogP contribution in [0.4, 0.5) is 0 Å². The number of piperidine rings is 1. The fourth-order valence-electron chi connectivity index (χ4n) is 2.43. The van der Waals surface area contributed by atoms with Gasteiger partial charge in [-0.3, -0.25) is 4.79 Å². The van der Waals surface area contributed by atoms with Crippen LogP contribution < -0.4 is 10.6 Å². The molecule has 112 valence electrons. The smallest absolute Gasteiger partial charge is 0.227 e. The van der Waals surface area contributed by atoms with E-state index in [9.17, 15) is 4.79 Å². The molecule has 2 N–H and O–H groups in total. The number of methoxy groups -OCH3 is 1. The molecule has 0 aromatic rings. The molecule has 0 aliphatic carbocycles. The lowest BCUT2D eigenvalue weighted by Gasteiger charge is -2.35. The minimum absolute atomic E-state index is 0.194. The van der Waals surface area contributed by atoms with Crippen LogP contribution in [0.2, 0.25) is 0 Å². The zero-order chi connectivity index (χ0) is 14.0. The van der Waals surface area contributed by atoms with Crippen LogP contribution in [0.3, 0.4) is 0 Å². The van der Waals surface area contributed by atoms with Crippen molar-refractivity contribution in [2.45, 2.75) is 32.6 Å². The van der Waals surface area contributed by atoms with Gasteiger partial charge in [0.05, 0.1) is 18.6 Å². The Kier molecular flexibility index (Phi) is 8.02. The minimum Gasteiger partial charge on any atom is -0.382 e. The van der Waals surface area contributed by atoms with E-state index in [1.807, 2.05) is 0 Å². The first-order chi connectivity index (χ1) is 9.25. The summed E-state index contributed by atoms with van der Waals surface area (Å²) in [6, 6.07) is 0. The third kappa shape index (κ3) is 5.47. The molecule has 0 bridgehead atoms. The lowest BCUT2D eigenvalue weighted by Crippen LogP contribution is -2.50. The summed E-state index contributed by atoms with van der Waals surface area (Å²) in [7, 11) is 1.66. The monoisotopic (exact) mass is 272 g/mol. The lowest BCUT2D eigenvalue weighted by atomic mass is 9.77. The maximum Gasteiger partial charge on any atom is 0.227 e. The van der Waals surface area contributed by atoms with Gasteiger partial charge in [-0.1, -0.05) is 6.92 Å². The first-order valence-corrected chi connectivity index (χ1v) is 7.31. The van der Waals surface area contributed by atoms with Gasteiger partial charge in [-0.05, 0) is 32.2 Å². The summed E-state index contributed by atoms with van der Waals surface area (Å²) in [5, 5.41) is 6.38. The van der Waals surface area contributed by atoms with Crippen molar-refractivity contribution in [3.8, 4) is 0 Å². The molecular formula is C14H28N2O3. The summed E-state index contributed by atoms with van der Waals surface area (Å²) in [5.41, 5.74) is -0.199. The molecule has 19 heavy (non-hydrogen) atoms. The van der Waals surface area contributed by atoms with Crippen LogP contribution in [0, 0.1) is 5.41 Å². The highest BCUT2D eigenvalue weighted by Gasteiger charge is 2.37. The molecule has 5 nitrogen and oxygen atoms in total. The van der Waals surface area contributed by atoms with Gasteiger partial charge in [-0.25, -0.2) is 0 Å². The summed E-state index contributed by atoms with van der Waals surface area (Å²) < 4.78 is 10.3. The highest BCUT2D eigenvalue weighted by molar-refractivity contribution is 5.82. The SMILES string of the molecule is CCC1(C(=O)NCCCOCCOC)CCCNC1. The predicted octanol–water partition coefficient (Wildman–Crippen LogP) is 0.936. The molecule has 1 amide bonds. The van der Waals surface area contributed by atoms with E-state index in [4.69, 9.17) is 9.47 Å². The predicted molar refractivity (Wildman–Crippen MR) is 75.1 cm³/mol. The summed E-state index contributed by atoms with van der Waals surface area (Å²) in [5.74, 6) is 0.194. The Bertz CT molecular complexity index is 253. The molecule has 1 rings (SSSR count). The Labute approximate surface area is 116 Å². The van der Waals surface area contributed by atoms with Crippen LogP contribution in [-0.4, -0.2) is 52.5 Å². The van der Waals surface area contributed by atoms with Gasteiger partial charge in [-0.2, -0.15) is 0 Å². The number of hydrogen-bond donors (Lipinski definition) is 2. The number of ether oxygens (including phenoxy) is 2. The van der Waals surface area contributed by atoms with Gasteiger partial charge in [0.1, 0.15) is 0 Å². The van der Waals surface area contributed by atoms with Gasteiger partial charge in [0.15, 0.2) is 0 Å². The van der Waals surface area contributed by atoms with Gasteiger partial charge in [0, 0.05) is 26.8 Å². The van der Waals surface area contributed by atoms with E-state index in [-0.39, 0.29) is 11.3 Å². The molecule has 5 heteroatoms. The Balaban J connectivity index is 2.15. The van der Waals surface area contributed by atoms with Crippen molar-refractivity contribution in [3.63, 3.8) is 0 Å². The highest BCUT2D eigenvalue weighted by atomic mass is 16.5. The summed E-state index contributed by atoms with van der Waals surface area (Å²) >= 11 is 0. The van der Waals surface area contributed by atoms with Crippen LogP contribution in [0.15, 0.2) is 0 Å². The number of carbonyl (C=O) groups excluding carboxylic acids is 1. The van der Waals surface area contributed by atoms with E-state index in [1.165, 1.54) is 0 Å². The third-order valence-corrected chi connectivity index (χ3v) is 3.81. The van der Waals surface area contributed by atoms with Crippen molar-refractivity contribution >= 4 is 5.91 Å². The molecular weight excluding hydrogens is 244 g/mol. The Morgan fingerprint density at radius 2 is 2.21 bits per heavy atom. The number of rotatable bonds is 9. The molecule has 0 aromatic carbocycles. The molecule has 1 atom stereocenters. The van der Waals surface area contributed by atoms with Crippen molar-refractivity contribution in [1.29, 1.82) is 0 Å². The van der Waals surface area contributed by atoms with E-state index in [1.54, 1.807) is 7.11 Å². The quantitative estimate of drug-likeness (QED) is 0.613. The average molecular weight is 272 g/mol. The minimum atomic E-state index is -0.199. The van der Waals surface area contributed by atoms with Crippen molar-refractivity contribution in [2.75, 3.05) is 46.6 Å². The van der Waals surface area contributed by atoms with Crippen LogP contribution >= 0.6 is 0 Å². The fourth-order valence-corrected chi connectivity index (χ4v) is 2.43. The highest BCUT2D eigenvalue weighted by Crippen LogP contribution is 2.30. The summed E-state index contributed by atoms with van der Waals surface area (Å²) in [6.45, 7) is 6.53. The molecule has 1 heterocycles. The zero-order valence-corrected chi connectivity index (χ0v) is 12.3.